The Morgan fingerprint density at radius 3 is 2.72 bits per heavy atom. The number of nitrogens with zero attached hydrogens (tertiary/aromatic N) is 3. The fraction of sp³-hybridized carbons (Fsp3) is 0.722. The quantitative estimate of drug-likeness (QED) is 0.823. The summed E-state index contributed by atoms with van der Waals surface area (Å²) in [6.45, 7) is 11.3. The lowest BCUT2D eigenvalue weighted by Gasteiger charge is -2.38. The molecule has 0 spiro atoms. The van der Waals surface area contributed by atoms with Crippen LogP contribution in [-0.2, 0) is 9.59 Å². The maximum absolute atomic E-state index is 12.5. The predicted octanol–water partition coefficient (Wildman–Crippen LogP) is 2.03. The van der Waals surface area contributed by atoms with Crippen LogP contribution in [0.2, 0.25) is 0 Å². The SMILES string of the molecule is CC[C@H](C)n1nccc1NC(=O)[C@H](C)N[C@H]1CCN(C(C)=O)C[C@@H]1C. The van der Waals surface area contributed by atoms with E-state index in [4.69, 9.17) is 0 Å². The molecule has 1 saturated heterocycles. The number of hydrogen-bond donors (Lipinski definition) is 2. The van der Waals surface area contributed by atoms with Gasteiger partial charge in [-0.2, -0.15) is 5.10 Å². The molecule has 0 aromatic carbocycles. The Kier molecular flexibility index (Phi) is 6.58. The summed E-state index contributed by atoms with van der Waals surface area (Å²) in [6, 6.07) is 1.99. The summed E-state index contributed by atoms with van der Waals surface area (Å²) in [6.07, 6.45) is 3.52. The second-order valence-corrected chi connectivity index (χ2v) is 7.13. The molecule has 0 radical (unpaired) electrons. The van der Waals surface area contributed by atoms with Crippen molar-refractivity contribution < 1.29 is 9.59 Å². The van der Waals surface area contributed by atoms with Crippen LogP contribution in [0.3, 0.4) is 0 Å². The molecule has 2 amide bonds. The summed E-state index contributed by atoms with van der Waals surface area (Å²) in [7, 11) is 0. The first-order chi connectivity index (χ1) is 11.8. The van der Waals surface area contributed by atoms with Gasteiger partial charge in [0.15, 0.2) is 0 Å². The number of hydrogen-bond acceptors (Lipinski definition) is 4. The second kappa shape index (κ2) is 8.47. The number of aromatic nitrogens is 2. The molecule has 2 rings (SSSR count). The molecule has 1 aromatic heterocycles. The molecular weight excluding hydrogens is 318 g/mol. The van der Waals surface area contributed by atoms with Crippen molar-refractivity contribution in [1.82, 2.24) is 20.0 Å². The van der Waals surface area contributed by atoms with Crippen LogP contribution in [-0.4, -0.2) is 51.7 Å². The van der Waals surface area contributed by atoms with E-state index in [1.807, 2.05) is 22.6 Å². The molecule has 2 heterocycles. The summed E-state index contributed by atoms with van der Waals surface area (Å²) in [5.41, 5.74) is 0. The molecule has 1 aliphatic heterocycles. The molecule has 0 unspecified atom stereocenters. The van der Waals surface area contributed by atoms with Crippen LogP contribution in [0.4, 0.5) is 5.82 Å². The highest BCUT2D eigenvalue weighted by atomic mass is 16.2. The van der Waals surface area contributed by atoms with E-state index in [0.717, 1.165) is 31.7 Å². The van der Waals surface area contributed by atoms with E-state index in [9.17, 15) is 9.59 Å². The monoisotopic (exact) mass is 349 g/mol. The Hall–Kier alpha value is -1.89. The first kappa shape index (κ1) is 19.4. The van der Waals surface area contributed by atoms with Crippen LogP contribution in [0.25, 0.3) is 0 Å². The summed E-state index contributed by atoms with van der Waals surface area (Å²) in [4.78, 5) is 25.9. The zero-order valence-corrected chi connectivity index (χ0v) is 16.0. The van der Waals surface area contributed by atoms with Crippen LogP contribution in [0.15, 0.2) is 12.3 Å². The topological polar surface area (TPSA) is 79.3 Å². The minimum absolute atomic E-state index is 0.0637. The van der Waals surface area contributed by atoms with Crippen molar-refractivity contribution >= 4 is 17.6 Å². The lowest BCUT2D eigenvalue weighted by molar-refractivity contribution is -0.131. The fourth-order valence-electron chi connectivity index (χ4n) is 3.25. The van der Waals surface area contributed by atoms with Gasteiger partial charge in [0.1, 0.15) is 5.82 Å². The van der Waals surface area contributed by atoms with E-state index in [2.05, 4.69) is 36.5 Å². The summed E-state index contributed by atoms with van der Waals surface area (Å²) in [5, 5.41) is 10.7. The van der Waals surface area contributed by atoms with E-state index < -0.39 is 0 Å². The molecule has 4 atom stereocenters. The average Bonchev–Trinajstić information content (AvgIpc) is 3.03. The van der Waals surface area contributed by atoms with Gasteiger partial charge in [-0.05, 0) is 32.6 Å². The normalized spacial score (nSPS) is 23.2. The third kappa shape index (κ3) is 4.81. The molecule has 0 aliphatic carbocycles. The van der Waals surface area contributed by atoms with Gasteiger partial charge in [-0.3, -0.25) is 9.59 Å². The van der Waals surface area contributed by atoms with Gasteiger partial charge in [0.25, 0.3) is 0 Å². The zero-order valence-electron chi connectivity index (χ0n) is 16.0. The maximum Gasteiger partial charge on any atom is 0.242 e. The van der Waals surface area contributed by atoms with Gasteiger partial charge in [-0.15, -0.1) is 0 Å². The minimum atomic E-state index is -0.309. The van der Waals surface area contributed by atoms with Gasteiger partial charge in [-0.25, -0.2) is 4.68 Å². The highest BCUT2D eigenvalue weighted by Gasteiger charge is 2.29. The number of piperidine rings is 1. The molecule has 1 aliphatic rings. The van der Waals surface area contributed by atoms with E-state index in [1.54, 1.807) is 13.1 Å². The molecule has 25 heavy (non-hydrogen) atoms. The first-order valence-electron chi connectivity index (χ1n) is 9.19. The van der Waals surface area contributed by atoms with Crippen molar-refractivity contribution in [3.05, 3.63) is 12.3 Å². The van der Waals surface area contributed by atoms with Crippen LogP contribution in [0.5, 0.6) is 0 Å². The van der Waals surface area contributed by atoms with Crippen LogP contribution < -0.4 is 10.6 Å². The van der Waals surface area contributed by atoms with Crippen molar-refractivity contribution in [2.45, 2.75) is 65.6 Å². The van der Waals surface area contributed by atoms with Crippen molar-refractivity contribution in [3.8, 4) is 0 Å². The molecule has 0 saturated carbocycles. The predicted molar refractivity (Wildman–Crippen MR) is 98.3 cm³/mol. The number of rotatable bonds is 6. The molecule has 1 aromatic rings. The maximum atomic E-state index is 12.5. The number of amides is 2. The number of nitrogens with one attached hydrogen (secondary N) is 2. The van der Waals surface area contributed by atoms with Crippen LogP contribution in [0.1, 0.15) is 53.5 Å². The van der Waals surface area contributed by atoms with Gasteiger partial charge in [0, 0.05) is 32.1 Å². The second-order valence-electron chi connectivity index (χ2n) is 7.13. The molecule has 140 valence electrons. The third-order valence-electron chi connectivity index (χ3n) is 5.14. The zero-order chi connectivity index (χ0) is 18.6. The number of anilines is 1. The summed E-state index contributed by atoms with van der Waals surface area (Å²) >= 11 is 0. The van der Waals surface area contributed by atoms with Crippen molar-refractivity contribution in [1.29, 1.82) is 0 Å². The Labute approximate surface area is 150 Å². The van der Waals surface area contributed by atoms with Gasteiger partial charge < -0.3 is 15.5 Å². The van der Waals surface area contributed by atoms with Crippen LogP contribution >= 0.6 is 0 Å². The Bertz CT molecular complexity index is 600. The molecular formula is C18H31N5O2. The van der Waals surface area contributed by atoms with E-state index in [-0.39, 0.29) is 29.9 Å². The van der Waals surface area contributed by atoms with E-state index >= 15 is 0 Å². The molecule has 0 bridgehead atoms. The molecule has 1 fully saturated rings. The average molecular weight is 349 g/mol. The van der Waals surface area contributed by atoms with Crippen molar-refractivity contribution in [3.63, 3.8) is 0 Å². The standard InChI is InChI=1S/C18H31N5O2/c1-6-13(3)23-17(7-9-19-23)21-18(25)14(4)20-16-8-10-22(15(5)24)11-12(16)2/h7,9,12-14,16,20H,6,8,10-11H2,1-5H3,(H,21,25)/t12-,13-,14-,16-/m0/s1. The van der Waals surface area contributed by atoms with E-state index in [1.165, 1.54) is 0 Å². The Morgan fingerprint density at radius 2 is 2.12 bits per heavy atom. The third-order valence-corrected chi connectivity index (χ3v) is 5.14. The smallest absolute Gasteiger partial charge is 0.242 e. The van der Waals surface area contributed by atoms with Gasteiger partial charge in [0.2, 0.25) is 11.8 Å². The fourth-order valence-corrected chi connectivity index (χ4v) is 3.25. The van der Waals surface area contributed by atoms with Gasteiger partial charge in [0.05, 0.1) is 18.3 Å². The first-order valence-corrected chi connectivity index (χ1v) is 9.19. The van der Waals surface area contributed by atoms with Crippen molar-refractivity contribution in [2.75, 3.05) is 18.4 Å². The summed E-state index contributed by atoms with van der Waals surface area (Å²) < 4.78 is 1.85. The van der Waals surface area contributed by atoms with Crippen LogP contribution in [0, 0.1) is 5.92 Å². The lowest BCUT2D eigenvalue weighted by Crippen LogP contribution is -2.53. The molecule has 2 N–H and O–H groups in total. The highest BCUT2D eigenvalue weighted by Crippen LogP contribution is 2.19. The summed E-state index contributed by atoms with van der Waals surface area (Å²) in [5.74, 6) is 1.10. The highest BCUT2D eigenvalue weighted by molar-refractivity contribution is 5.93. The lowest BCUT2D eigenvalue weighted by atomic mass is 9.93. The van der Waals surface area contributed by atoms with Gasteiger partial charge in [-0.1, -0.05) is 13.8 Å². The largest absolute Gasteiger partial charge is 0.343 e. The Balaban J connectivity index is 1.91. The van der Waals surface area contributed by atoms with E-state index in [0.29, 0.717) is 5.92 Å². The number of carbonyl (C=O) groups is 2. The molecule has 7 heteroatoms. The number of likely N-dealkylation sites (tertiary alicyclic amines) is 1. The number of carbonyl (C=O) groups excluding carboxylic acids is 2. The van der Waals surface area contributed by atoms with Crippen molar-refractivity contribution in [2.24, 2.45) is 5.92 Å². The van der Waals surface area contributed by atoms with Gasteiger partial charge >= 0.3 is 0 Å². The Morgan fingerprint density at radius 1 is 1.40 bits per heavy atom. The minimum Gasteiger partial charge on any atom is -0.343 e. The molecule has 7 nitrogen and oxygen atoms in total.